The number of amides is 1. The third-order valence-electron chi connectivity index (χ3n) is 5.98. The first-order valence-electron chi connectivity index (χ1n) is 11.0. The fourth-order valence-corrected chi connectivity index (χ4v) is 4.26. The molecule has 3 heterocycles. The number of nitrogens with one attached hydrogen (secondary N) is 1. The van der Waals surface area contributed by atoms with Gasteiger partial charge in [0.25, 0.3) is 5.91 Å². The van der Waals surface area contributed by atoms with E-state index in [1.54, 1.807) is 36.2 Å². The number of carbonyl (C=O) groups excluding carboxylic acids is 1. The molecule has 10 heteroatoms. The zero-order valence-electron chi connectivity index (χ0n) is 18.8. The molecule has 0 bridgehead atoms. The van der Waals surface area contributed by atoms with Crippen LogP contribution in [0, 0.1) is 5.82 Å². The summed E-state index contributed by atoms with van der Waals surface area (Å²) >= 11 is 0. The number of hydrogen-bond donors (Lipinski definition) is 1. The fourth-order valence-electron chi connectivity index (χ4n) is 4.26. The molecule has 1 atom stereocenters. The smallest absolute Gasteiger partial charge is 0.289 e. The van der Waals surface area contributed by atoms with Crippen LogP contribution in [0.3, 0.4) is 0 Å². The number of rotatable bonds is 5. The normalized spacial score (nSPS) is 18.5. The van der Waals surface area contributed by atoms with E-state index in [0.717, 1.165) is 24.6 Å². The lowest BCUT2D eigenvalue weighted by atomic mass is 10.0. The molecule has 1 N–H and O–H groups in total. The Morgan fingerprint density at radius 2 is 1.82 bits per heavy atom. The molecule has 2 aliphatic rings. The summed E-state index contributed by atoms with van der Waals surface area (Å²) in [6, 6.07) is 10.2. The molecule has 2 saturated heterocycles. The third-order valence-corrected chi connectivity index (χ3v) is 5.98. The summed E-state index contributed by atoms with van der Waals surface area (Å²) in [6.45, 7) is 6.08. The van der Waals surface area contributed by atoms with Crippen molar-refractivity contribution in [2.24, 2.45) is 4.99 Å². The molecule has 8 nitrogen and oxygen atoms in total. The minimum Gasteiger partial charge on any atom is -0.459 e. The number of hydrogen-bond acceptors (Lipinski definition) is 5. The van der Waals surface area contributed by atoms with Gasteiger partial charge in [-0.05, 0) is 29.8 Å². The molecule has 2 aliphatic heterocycles. The van der Waals surface area contributed by atoms with Gasteiger partial charge in [-0.15, -0.1) is 24.0 Å². The Balaban J connectivity index is 0.00000306. The van der Waals surface area contributed by atoms with Gasteiger partial charge in [0, 0.05) is 52.9 Å². The second-order valence-corrected chi connectivity index (χ2v) is 7.90. The lowest BCUT2D eigenvalue weighted by molar-refractivity contribution is 0.0168. The van der Waals surface area contributed by atoms with Gasteiger partial charge in [0.2, 0.25) is 0 Å². The maximum atomic E-state index is 13.9. The van der Waals surface area contributed by atoms with Gasteiger partial charge >= 0.3 is 0 Å². The fraction of sp³-hybridized carbons (Fsp3) is 0.478. The topological polar surface area (TPSA) is 73.6 Å². The van der Waals surface area contributed by atoms with Crippen LogP contribution >= 0.6 is 24.0 Å². The Morgan fingerprint density at radius 1 is 1.09 bits per heavy atom. The Morgan fingerprint density at radius 3 is 2.45 bits per heavy atom. The molecule has 1 amide bonds. The lowest BCUT2D eigenvalue weighted by Crippen LogP contribution is -2.54. The average Bonchev–Trinajstić information content (AvgIpc) is 3.37. The molecule has 1 aromatic carbocycles. The summed E-state index contributed by atoms with van der Waals surface area (Å²) in [5.41, 5.74) is 0.934. The minimum atomic E-state index is -0.234. The highest BCUT2D eigenvalue weighted by molar-refractivity contribution is 14.0. The highest BCUT2D eigenvalue weighted by Crippen LogP contribution is 2.22. The van der Waals surface area contributed by atoms with Crippen LogP contribution in [0.1, 0.15) is 22.2 Å². The van der Waals surface area contributed by atoms with Crippen LogP contribution in [0.4, 0.5) is 4.39 Å². The second kappa shape index (κ2) is 12.3. The Labute approximate surface area is 210 Å². The van der Waals surface area contributed by atoms with Gasteiger partial charge in [-0.25, -0.2) is 4.39 Å². The largest absolute Gasteiger partial charge is 0.459 e. The number of nitrogens with zero attached hydrogens (tertiary/aromatic N) is 4. The van der Waals surface area contributed by atoms with Crippen molar-refractivity contribution in [3.63, 3.8) is 0 Å². The van der Waals surface area contributed by atoms with Crippen LogP contribution < -0.4 is 5.32 Å². The van der Waals surface area contributed by atoms with Crippen LogP contribution in [0.25, 0.3) is 0 Å². The number of benzene rings is 1. The van der Waals surface area contributed by atoms with E-state index in [9.17, 15) is 9.18 Å². The van der Waals surface area contributed by atoms with Crippen molar-refractivity contribution < 1.29 is 18.3 Å². The minimum absolute atomic E-state index is 0. The number of halogens is 2. The predicted octanol–water partition coefficient (Wildman–Crippen LogP) is 2.44. The molecule has 0 radical (unpaired) electrons. The number of guanidine groups is 1. The molecule has 2 aromatic rings. The monoisotopic (exact) mass is 571 g/mol. The van der Waals surface area contributed by atoms with E-state index in [-0.39, 0.29) is 41.7 Å². The van der Waals surface area contributed by atoms with Gasteiger partial charge in [-0.2, -0.15) is 0 Å². The quantitative estimate of drug-likeness (QED) is 0.338. The number of aliphatic imine (C=N–C) groups is 1. The molecule has 1 aromatic heterocycles. The van der Waals surface area contributed by atoms with E-state index in [2.05, 4.69) is 20.1 Å². The van der Waals surface area contributed by atoms with Gasteiger partial charge in [-0.1, -0.05) is 12.1 Å². The SMILES string of the molecule is CN=C(NCC(c1cccc(F)c1)N1CCOCC1)N1CCN(C(=O)c2ccco2)CC1.I. The van der Waals surface area contributed by atoms with Crippen molar-refractivity contribution >= 4 is 35.8 Å². The summed E-state index contributed by atoms with van der Waals surface area (Å²) in [5.74, 6) is 0.827. The van der Waals surface area contributed by atoms with Crippen LogP contribution in [-0.4, -0.2) is 92.6 Å². The first kappa shape index (κ1) is 25.4. The maximum Gasteiger partial charge on any atom is 0.289 e. The Hall–Kier alpha value is -2.18. The molecule has 33 heavy (non-hydrogen) atoms. The predicted molar refractivity (Wildman–Crippen MR) is 134 cm³/mol. The molecule has 2 fully saturated rings. The van der Waals surface area contributed by atoms with Crippen molar-refractivity contribution in [1.82, 2.24) is 20.0 Å². The summed E-state index contributed by atoms with van der Waals surface area (Å²) in [5, 5.41) is 3.48. The van der Waals surface area contributed by atoms with Gasteiger partial charge in [0.05, 0.1) is 25.5 Å². The van der Waals surface area contributed by atoms with Crippen molar-refractivity contribution in [2.45, 2.75) is 6.04 Å². The molecular formula is C23H31FIN5O3. The van der Waals surface area contributed by atoms with Gasteiger partial charge in [-0.3, -0.25) is 14.7 Å². The van der Waals surface area contributed by atoms with Gasteiger partial charge < -0.3 is 24.3 Å². The van der Waals surface area contributed by atoms with E-state index in [0.29, 0.717) is 51.7 Å². The average molecular weight is 571 g/mol. The third kappa shape index (κ3) is 6.45. The van der Waals surface area contributed by atoms with Crippen LogP contribution in [0.2, 0.25) is 0 Å². The van der Waals surface area contributed by atoms with Crippen LogP contribution in [0.5, 0.6) is 0 Å². The van der Waals surface area contributed by atoms with Gasteiger partial charge in [0.1, 0.15) is 5.82 Å². The first-order chi connectivity index (χ1) is 15.7. The molecule has 0 saturated carbocycles. The summed E-state index contributed by atoms with van der Waals surface area (Å²) in [6.07, 6.45) is 1.51. The number of carbonyl (C=O) groups is 1. The van der Waals surface area contributed by atoms with E-state index < -0.39 is 0 Å². The van der Waals surface area contributed by atoms with E-state index in [1.165, 1.54) is 12.3 Å². The van der Waals surface area contributed by atoms with Crippen molar-refractivity contribution in [3.8, 4) is 0 Å². The van der Waals surface area contributed by atoms with E-state index in [4.69, 9.17) is 9.15 Å². The van der Waals surface area contributed by atoms with Crippen molar-refractivity contribution in [3.05, 3.63) is 59.8 Å². The number of ether oxygens (including phenoxy) is 1. The molecule has 0 aliphatic carbocycles. The Kier molecular flexibility index (Phi) is 9.51. The molecule has 1 unspecified atom stereocenters. The first-order valence-corrected chi connectivity index (χ1v) is 11.0. The zero-order valence-corrected chi connectivity index (χ0v) is 21.1. The lowest BCUT2D eigenvalue weighted by Gasteiger charge is -2.38. The maximum absolute atomic E-state index is 13.9. The summed E-state index contributed by atoms with van der Waals surface area (Å²) in [4.78, 5) is 23.2. The molecule has 180 valence electrons. The Bertz CT molecular complexity index is 913. The van der Waals surface area contributed by atoms with Crippen LogP contribution in [-0.2, 0) is 4.74 Å². The molecular weight excluding hydrogens is 540 g/mol. The zero-order chi connectivity index (χ0) is 22.3. The van der Waals surface area contributed by atoms with Gasteiger partial charge in [0.15, 0.2) is 11.7 Å². The van der Waals surface area contributed by atoms with E-state index >= 15 is 0 Å². The molecule has 4 rings (SSSR count). The number of morpholine rings is 1. The molecule has 0 spiro atoms. The van der Waals surface area contributed by atoms with Crippen LogP contribution in [0.15, 0.2) is 52.1 Å². The van der Waals surface area contributed by atoms with Crippen molar-refractivity contribution in [2.75, 3.05) is 66.1 Å². The number of piperazine rings is 1. The highest BCUT2D eigenvalue weighted by Gasteiger charge is 2.27. The second-order valence-electron chi connectivity index (χ2n) is 7.90. The number of furan rings is 1. The van der Waals surface area contributed by atoms with Crippen molar-refractivity contribution in [1.29, 1.82) is 0 Å². The highest BCUT2D eigenvalue weighted by atomic mass is 127. The van der Waals surface area contributed by atoms with E-state index in [1.807, 2.05) is 6.07 Å². The summed E-state index contributed by atoms with van der Waals surface area (Å²) < 4.78 is 24.7. The summed E-state index contributed by atoms with van der Waals surface area (Å²) in [7, 11) is 1.76. The standard InChI is InChI=1S/C23H30FN5O3.HI/c1-25-23(29-9-7-28(8-10-29)22(30)21-6-3-13-32-21)26-17-20(27-11-14-31-15-12-27)18-4-2-5-19(24)16-18;/h2-6,13,16,20H,7-12,14-15,17H2,1H3,(H,25,26);1H.